The molecule has 1 rings (SSSR count). The highest BCUT2D eigenvalue weighted by Crippen LogP contribution is 2.26. The normalized spacial score (nSPS) is 9.58. The Labute approximate surface area is 81.0 Å². The van der Waals surface area contributed by atoms with Crippen LogP contribution in [0.1, 0.15) is 0 Å². The molecule has 0 unspecified atom stereocenters. The fraction of sp³-hybridized carbons (Fsp3) is 0.250. The van der Waals surface area contributed by atoms with Crippen LogP contribution in [0.5, 0.6) is 11.5 Å². The minimum atomic E-state index is -0.0108. The van der Waals surface area contributed by atoms with Crippen LogP contribution in [0, 0.1) is 0 Å². The summed E-state index contributed by atoms with van der Waals surface area (Å²) in [4.78, 5) is 0.810. The molecule has 0 radical (unpaired) electrons. The Kier molecular flexibility index (Phi) is 4.28. The lowest BCUT2D eigenvalue weighted by Gasteiger charge is -1.99. The first-order valence-electron chi connectivity index (χ1n) is 3.21. The molecule has 0 aliphatic rings. The van der Waals surface area contributed by atoms with Crippen molar-refractivity contribution in [3.05, 3.63) is 18.2 Å². The van der Waals surface area contributed by atoms with Crippen LogP contribution in [-0.2, 0) is 10.9 Å². The van der Waals surface area contributed by atoms with Crippen molar-refractivity contribution in [1.29, 1.82) is 0 Å². The fourth-order valence-corrected chi connectivity index (χ4v) is 1.67. The molecular formula is C8H11ClO2S. The second-order valence-electron chi connectivity index (χ2n) is 2.47. The first kappa shape index (κ1) is 11.5. The standard InChI is InChI=1S/C8H10O2S.ClH/c1-11(2)8-5-6(9)3-4-7(8)10;/h3-5H,1-2H3,(H-,9,10);1H. The van der Waals surface area contributed by atoms with Crippen molar-refractivity contribution in [1.82, 2.24) is 0 Å². The van der Waals surface area contributed by atoms with Crippen molar-refractivity contribution >= 4 is 10.9 Å². The van der Waals surface area contributed by atoms with Gasteiger partial charge < -0.3 is 22.6 Å². The van der Waals surface area contributed by atoms with Gasteiger partial charge in [-0.2, -0.15) is 0 Å². The van der Waals surface area contributed by atoms with Gasteiger partial charge in [-0.3, -0.25) is 0 Å². The molecule has 4 heteroatoms. The molecule has 0 aromatic heterocycles. The maximum absolute atomic E-state index is 9.30. The Hall–Kier alpha value is -0.540. The molecule has 1 aromatic carbocycles. The van der Waals surface area contributed by atoms with E-state index in [1.54, 1.807) is 6.07 Å². The zero-order valence-electron chi connectivity index (χ0n) is 6.91. The third-order valence-corrected chi connectivity index (χ3v) is 2.59. The highest BCUT2D eigenvalue weighted by atomic mass is 35.5. The van der Waals surface area contributed by atoms with Gasteiger partial charge in [0.1, 0.15) is 18.3 Å². The van der Waals surface area contributed by atoms with Crippen LogP contribution in [0.15, 0.2) is 23.1 Å². The number of rotatable bonds is 1. The second kappa shape index (κ2) is 4.48. The van der Waals surface area contributed by atoms with E-state index in [9.17, 15) is 5.11 Å². The first-order valence-corrected chi connectivity index (χ1v) is 5.25. The maximum Gasteiger partial charge on any atom is 0.199 e. The molecule has 0 spiro atoms. The molecule has 2 nitrogen and oxygen atoms in total. The summed E-state index contributed by atoms with van der Waals surface area (Å²) in [5.74, 6) is 0.468. The van der Waals surface area contributed by atoms with E-state index in [2.05, 4.69) is 0 Å². The average molecular weight is 207 g/mol. The lowest BCUT2D eigenvalue weighted by Crippen LogP contribution is -3.00. The first-order chi connectivity index (χ1) is 5.11. The number of phenols is 2. The molecule has 0 saturated carbocycles. The Morgan fingerprint density at radius 1 is 1.17 bits per heavy atom. The Morgan fingerprint density at radius 3 is 2.17 bits per heavy atom. The van der Waals surface area contributed by atoms with Crippen LogP contribution in [0.4, 0.5) is 0 Å². The molecule has 0 fully saturated rings. The van der Waals surface area contributed by atoms with Crippen molar-refractivity contribution in [2.24, 2.45) is 0 Å². The zero-order valence-corrected chi connectivity index (χ0v) is 8.49. The summed E-state index contributed by atoms with van der Waals surface area (Å²) in [5, 5.41) is 18.4. The van der Waals surface area contributed by atoms with Crippen molar-refractivity contribution in [3.63, 3.8) is 0 Å². The van der Waals surface area contributed by atoms with E-state index in [1.807, 2.05) is 12.5 Å². The zero-order chi connectivity index (χ0) is 8.43. The summed E-state index contributed by atoms with van der Waals surface area (Å²) in [6, 6.07) is 4.59. The van der Waals surface area contributed by atoms with Gasteiger partial charge in [0.2, 0.25) is 0 Å². The van der Waals surface area contributed by atoms with Gasteiger partial charge in [0.05, 0.1) is 0 Å². The van der Waals surface area contributed by atoms with E-state index < -0.39 is 0 Å². The van der Waals surface area contributed by atoms with Gasteiger partial charge in [-0.25, -0.2) is 0 Å². The summed E-state index contributed by atoms with van der Waals surface area (Å²) >= 11 is 0. The molecule has 0 amide bonds. The fourth-order valence-electron chi connectivity index (χ4n) is 0.830. The molecule has 2 N–H and O–H groups in total. The molecule has 1 aromatic rings. The highest BCUT2D eigenvalue weighted by Gasteiger charge is 2.14. The minimum Gasteiger partial charge on any atom is -1.00 e. The van der Waals surface area contributed by atoms with Gasteiger partial charge in [0.15, 0.2) is 10.6 Å². The van der Waals surface area contributed by atoms with Crippen LogP contribution < -0.4 is 12.4 Å². The monoisotopic (exact) mass is 206 g/mol. The topological polar surface area (TPSA) is 40.5 Å². The molecule has 0 saturated heterocycles. The van der Waals surface area contributed by atoms with E-state index in [4.69, 9.17) is 5.11 Å². The number of benzene rings is 1. The molecule has 0 atom stereocenters. The lowest BCUT2D eigenvalue weighted by atomic mass is 10.3. The van der Waals surface area contributed by atoms with E-state index in [0.717, 1.165) is 4.90 Å². The largest absolute Gasteiger partial charge is 1.00 e. The number of halogens is 1. The van der Waals surface area contributed by atoms with E-state index in [-0.39, 0.29) is 34.8 Å². The van der Waals surface area contributed by atoms with Crippen LogP contribution in [0.2, 0.25) is 0 Å². The summed E-state index contributed by atoms with van der Waals surface area (Å²) in [7, 11) is -0.0108. The summed E-state index contributed by atoms with van der Waals surface area (Å²) < 4.78 is 0. The molecule has 68 valence electrons. The van der Waals surface area contributed by atoms with Gasteiger partial charge in [-0.05, 0) is 12.1 Å². The van der Waals surface area contributed by atoms with Crippen LogP contribution >= 0.6 is 0 Å². The summed E-state index contributed by atoms with van der Waals surface area (Å²) in [6.07, 6.45) is 3.99. The third kappa shape index (κ3) is 2.50. The van der Waals surface area contributed by atoms with E-state index in [1.165, 1.54) is 12.1 Å². The van der Waals surface area contributed by atoms with Gasteiger partial charge >= 0.3 is 0 Å². The van der Waals surface area contributed by atoms with Crippen LogP contribution in [0.25, 0.3) is 0 Å². The van der Waals surface area contributed by atoms with Gasteiger partial charge in [0, 0.05) is 17.0 Å². The van der Waals surface area contributed by atoms with Gasteiger partial charge in [-0.1, -0.05) is 0 Å². The highest BCUT2D eigenvalue weighted by molar-refractivity contribution is 7.95. The van der Waals surface area contributed by atoms with Crippen LogP contribution in [0.3, 0.4) is 0 Å². The molecule has 0 heterocycles. The number of aromatic hydroxyl groups is 2. The lowest BCUT2D eigenvalue weighted by molar-refractivity contribution is -0.00000449. The van der Waals surface area contributed by atoms with Crippen molar-refractivity contribution in [2.45, 2.75) is 4.90 Å². The average Bonchev–Trinajstić information content (AvgIpc) is 1.94. The third-order valence-electron chi connectivity index (χ3n) is 1.38. The quantitative estimate of drug-likeness (QED) is 0.427. The molecule has 0 bridgehead atoms. The van der Waals surface area contributed by atoms with E-state index in [0.29, 0.717) is 0 Å². The van der Waals surface area contributed by atoms with Gasteiger partial charge in [-0.15, -0.1) is 0 Å². The predicted octanol–water partition coefficient (Wildman–Crippen LogP) is -1.66. The molecule has 12 heavy (non-hydrogen) atoms. The number of hydrogen-bond acceptors (Lipinski definition) is 2. The summed E-state index contributed by atoms with van der Waals surface area (Å²) in [6.45, 7) is 0. The molecular weight excluding hydrogens is 196 g/mol. The molecule has 0 aliphatic carbocycles. The SMILES string of the molecule is C[S+](C)c1cc(O)ccc1O.[Cl-]. The predicted molar refractivity (Wildman–Crippen MR) is 47.3 cm³/mol. The van der Waals surface area contributed by atoms with Gasteiger partial charge in [0.25, 0.3) is 0 Å². The Bertz CT molecular complexity index is 263. The molecule has 0 aliphatic heterocycles. The van der Waals surface area contributed by atoms with Crippen molar-refractivity contribution < 1.29 is 22.6 Å². The second-order valence-corrected chi connectivity index (χ2v) is 4.54. The van der Waals surface area contributed by atoms with Crippen molar-refractivity contribution in [3.8, 4) is 11.5 Å². The number of phenolic OH excluding ortho intramolecular Hbond substituents is 2. The maximum atomic E-state index is 9.30. The Morgan fingerprint density at radius 2 is 1.75 bits per heavy atom. The minimum absolute atomic E-state index is 0. The van der Waals surface area contributed by atoms with E-state index >= 15 is 0 Å². The Balaban J connectivity index is 0.00000121. The van der Waals surface area contributed by atoms with Crippen molar-refractivity contribution in [2.75, 3.05) is 12.5 Å². The number of hydrogen-bond donors (Lipinski definition) is 2. The summed E-state index contributed by atoms with van der Waals surface area (Å²) in [5.41, 5.74) is 0. The smallest absolute Gasteiger partial charge is 0.199 e. The van der Waals surface area contributed by atoms with Crippen LogP contribution in [-0.4, -0.2) is 22.7 Å².